The van der Waals surface area contributed by atoms with Gasteiger partial charge in [-0.15, -0.1) is 0 Å². The summed E-state index contributed by atoms with van der Waals surface area (Å²) in [4.78, 5) is 15.6. The highest BCUT2D eigenvalue weighted by Crippen LogP contribution is 2.40. The standard InChI is InChI=1S/C28H25NO4/c1-18(29(2)3)32-22-13-11-20(12-14-22)27(30)28-26(19-8-5-4-6-9-19)23-16-21-10-7-15-31-24(21)17-25(23)33-28/h4-9,11-18H,10H2,1-3H3. The number of furan rings is 1. The average Bonchev–Trinajstić information content (AvgIpc) is 3.21. The third-order valence-electron chi connectivity index (χ3n) is 5.92. The lowest BCUT2D eigenvalue weighted by Gasteiger charge is -2.21. The smallest absolute Gasteiger partial charge is 0.228 e. The third-order valence-corrected chi connectivity index (χ3v) is 5.92. The lowest BCUT2D eigenvalue weighted by atomic mass is 9.96. The van der Waals surface area contributed by atoms with Gasteiger partial charge in [-0.05, 0) is 75.0 Å². The van der Waals surface area contributed by atoms with Gasteiger partial charge in [0.15, 0.2) is 5.76 Å². The number of hydrogen-bond acceptors (Lipinski definition) is 5. The van der Waals surface area contributed by atoms with Crippen molar-refractivity contribution in [2.75, 3.05) is 14.1 Å². The van der Waals surface area contributed by atoms with Crippen LogP contribution in [0, 0.1) is 0 Å². The Balaban J connectivity index is 1.58. The van der Waals surface area contributed by atoms with Crippen molar-refractivity contribution in [2.24, 2.45) is 0 Å². The number of benzene rings is 3. The second-order valence-electron chi connectivity index (χ2n) is 8.36. The Morgan fingerprint density at radius 1 is 1.03 bits per heavy atom. The van der Waals surface area contributed by atoms with Gasteiger partial charge in [-0.3, -0.25) is 9.69 Å². The van der Waals surface area contributed by atoms with Crippen LogP contribution in [0.1, 0.15) is 28.6 Å². The molecule has 0 saturated heterocycles. The molecule has 5 nitrogen and oxygen atoms in total. The molecule has 1 atom stereocenters. The fourth-order valence-corrected chi connectivity index (χ4v) is 3.90. The number of rotatable bonds is 6. The van der Waals surface area contributed by atoms with Crippen LogP contribution in [0.2, 0.25) is 0 Å². The lowest BCUT2D eigenvalue weighted by molar-refractivity contribution is 0.0815. The molecular formula is C28H25NO4. The molecule has 4 aromatic rings. The van der Waals surface area contributed by atoms with Crippen molar-refractivity contribution >= 4 is 16.8 Å². The summed E-state index contributed by atoms with van der Waals surface area (Å²) in [5.41, 5.74) is 3.98. The lowest BCUT2D eigenvalue weighted by Crippen LogP contribution is -2.30. The van der Waals surface area contributed by atoms with Gasteiger partial charge in [0.2, 0.25) is 5.78 Å². The fraction of sp³-hybridized carbons (Fsp3) is 0.179. The first-order chi connectivity index (χ1) is 16.0. The Kier molecular flexibility index (Phi) is 5.48. The molecule has 1 unspecified atom stereocenters. The fourth-order valence-electron chi connectivity index (χ4n) is 3.90. The molecule has 0 N–H and O–H groups in total. The molecule has 0 aliphatic carbocycles. The molecule has 0 bridgehead atoms. The van der Waals surface area contributed by atoms with Gasteiger partial charge in [-0.25, -0.2) is 0 Å². The molecule has 0 radical (unpaired) electrons. The topological polar surface area (TPSA) is 51.9 Å². The van der Waals surface area contributed by atoms with Crippen molar-refractivity contribution in [1.82, 2.24) is 4.90 Å². The van der Waals surface area contributed by atoms with Crippen LogP contribution in [-0.2, 0) is 6.42 Å². The van der Waals surface area contributed by atoms with E-state index in [2.05, 4.69) is 6.07 Å². The van der Waals surface area contributed by atoms with E-state index >= 15 is 0 Å². The first-order valence-corrected chi connectivity index (χ1v) is 11.0. The third kappa shape index (κ3) is 4.03. The van der Waals surface area contributed by atoms with Gasteiger partial charge in [0.25, 0.3) is 0 Å². The Labute approximate surface area is 192 Å². The van der Waals surface area contributed by atoms with Crippen molar-refractivity contribution in [1.29, 1.82) is 0 Å². The number of carbonyl (C=O) groups excluding carboxylic acids is 1. The summed E-state index contributed by atoms with van der Waals surface area (Å²) in [6.45, 7) is 1.97. The van der Waals surface area contributed by atoms with Crippen LogP contribution >= 0.6 is 0 Å². The molecule has 2 heterocycles. The van der Waals surface area contributed by atoms with E-state index in [1.807, 2.05) is 80.5 Å². The van der Waals surface area contributed by atoms with E-state index in [1.54, 1.807) is 18.4 Å². The predicted molar refractivity (Wildman–Crippen MR) is 129 cm³/mol. The number of fused-ring (bicyclic) bond motifs is 2. The minimum absolute atomic E-state index is 0.0747. The van der Waals surface area contributed by atoms with Crippen LogP contribution in [0.25, 0.3) is 22.1 Å². The van der Waals surface area contributed by atoms with Gasteiger partial charge in [-0.2, -0.15) is 0 Å². The van der Waals surface area contributed by atoms with Gasteiger partial charge in [0, 0.05) is 22.6 Å². The predicted octanol–water partition coefficient (Wildman–Crippen LogP) is 6.07. The first kappa shape index (κ1) is 21.0. The Hall–Kier alpha value is -3.83. The number of carbonyl (C=O) groups is 1. The van der Waals surface area contributed by atoms with Gasteiger partial charge in [0.1, 0.15) is 23.3 Å². The highest BCUT2D eigenvalue weighted by Gasteiger charge is 2.25. The van der Waals surface area contributed by atoms with Gasteiger partial charge < -0.3 is 13.9 Å². The second kappa shape index (κ2) is 8.60. The van der Waals surface area contributed by atoms with Crippen LogP contribution in [0.4, 0.5) is 0 Å². The molecule has 1 aromatic heterocycles. The summed E-state index contributed by atoms with van der Waals surface area (Å²) >= 11 is 0. The molecule has 0 spiro atoms. The zero-order valence-corrected chi connectivity index (χ0v) is 18.9. The monoisotopic (exact) mass is 439 g/mol. The minimum atomic E-state index is -0.172. The second-order valence-corrected chi connectivity index (χ2v) is 8.36. The van der Waals surface area contributed by atoms with Crippen molar-refractivity contribution < 1.29 is 18.7 Å². The zero-order chi connectivity index (χ0) is 22.9. The largest absolute Gasteiger partial charge is 0.475 e. The summed E-state index contributed by atoms with van der Waals surface area (Å²) < 4.78 is 17.7. The zero-order valence-electron chi connectivity index (χ0n) is 18.9. The van der Waals surface area contributed by atoms with E-state index in [0.717, 1.165) is 34.2 Å². The maximum absolute atomic E-state index is 13.6. The number of hydrogen-bond donors (Lipinski definition) is 0. The minimum Gasteiger partial charge on any atom is -0.475 e. The summed E-state index contributed by atoms with van der Waals surface area (Å²) in [5, 5.41) is 0.905. The number of allylic oxidation sites excluding steroid dienone is 1. The maximum atomic E-state index is 13.6. The van der Waals surface area contributed by atoms with E-state index in [1.165, 1.54) is 0 Å². The van der Waals surface area contributed by atoms with Crippen molar-refractivity contribution in [3.05, 3.63) is 96.0 Å². The molecule has 3 aromatic carbocycles. The van der Waals surface area contributed by atoms with Crippen LogP contribution in [0.3, 0.4) is 0 Å². The van der Waals surface area contributed by atoms with Gasteiger partial charge in [0.05, 0.1) is 6.26 Å². The van der Waals surface area contributed by atoms with Crippen LogP contribution in [-0.4, -0.2) is 31.0 Å². The molecule has 0 fully saturated rings. The normalized spacial score (nSPS) is 13.6. The molecule has 5 heteroatoms. The molecule has 1 aliphatic rings. The van der Waals surface area contributed by atoms with E-state index in [4.69, 9.17) is 13.9 Å². The van der Waals surface area contributed by atoms with E-state index < -0.39 is 0 Å². The summed E-state index contributed by atoms with van der Waals surface area (Å²) in [5.74, 6) is 1.61. The van der Waals surface area contributed by atoms with Crippen molar-refractivity contribution in [3.8, 4) is 22.6 Å². The molecule has 0 amide bonds. The van der Waals surface area contributed by atoms with E-state index in [9.17, 15) is 4.79 Å². The molecule has 0 saturated carbocycles. The molecule has 5 rings (SSSR count). The van der Waals surface area contributed by atoms with Crippen LogP contribution in [0.15, 0.2) is 83.5 Å². The molecule has 33 heavy (non-hydrogen) atoms. The number of nitrogens with zero attached hydrogens (tertiary/aromatic N) is 1. The Morgan fingerprint density at radius 2 is 1.79 bits per heavy atom. The van der Waals surface area contributed by atoms with Crippen LogP contribution in [0.5, 0.6) is 11.5 Å². The number of ketones is 1. The molecule has 1 aliphatic heterocycles. The number of ether oxygens (including phenoxy) is 2. The SMILES string of the molecule is CC(Oc1ccc(C(=O)c2oc3cc4c(cc3c2-c2ccccc2)CC=CO4)cc1)N(C)C. The molecular weight excluding hydrogens is 414 g/mol. The first-order valence-electron chi connectivity index (χ1n) is 11.0. The Morgan fingerprint density at radius 3 is 2.52 bits per heavy atom. The Bertz CT molecular complexity index is 1330. The van der Waals surface area contributed by atoms with Gasteiger partial charge in [-0.1, -0.05) is 30.3 Å². The molecule has 166 valence electrons. The highest BCUT2D eigenvalue weighted by atomic mass is 16.5. The van der Waals surface area contributed by atoms with Crippen molar-refractivity contribution in [2.45, 2.75) is 19.6 Å². The van der Waals surface area contributed by atoms with Crippen molar-refractivity contribution in [3.63, 3.8) is 0 Å². The average molecular weight is 440 g/mol. The van der Waals surface area contributed by atoms with E-state index in [0.29, 0.717) is 22.7 Å². The maximum Gasteiger partial charge on any atom is 0.228 e. The summed E-state index contributed by atoms with van der Waals surface area (Å²) in [6, 6.07) is 21.0. The van der Waals surface area contributed by atoms with E-state index in [-0.39, 0.29) is 12.0 Å². The summed E-state index contributed by atoms with van der Waals surface area (Å²) in [6.07, 6.45) is 4.36. The highest BCUT2D eigenvalue weighted by molar-refractivity contribution is 6.15. The summed E-state index contributed by atoms with van der Waals surface area (Å²) in [7, 11) is 3.91. The van der Waals surface area contributed by atoms with Gasteiger partial charge >= 0.3 is 0 Å². The van der Waals surface area contributed by atoms with Crippen LogP contribution < -0.4 is 9.47 Å². The quantitative estimate of drug-likeness (QED) is 0.270.